The lowest BCUT2D eigenvalue weighted by Gasteiger charge is -2.42. The molecule has 0 fully saturated rings. The van der Waals surface area contributed by atoms with Crippen LogP contribution in [-0.2, 0) is 21.7 Å². The number of rotatable bonds is 8. The highest BCUT2D eigenvalue weighted by atomic mass is 28.3. The third kappa shape index (κ3) is 8.22. The molecule has 12 aromatic rings. The van der Waals surface area contributed by atoms with Crippen LogP contribution >= 0.6 is 0 Å². The molecule has 5 nitrogen and oxygen atoms in total. The van der Waals surface area contributed by atoms with E-state index in [4.69, 9.17) is 55.0 Å². The Bertz CT molecular complexity index is 6660. The fraction of sp³-hybridized carbons (Fsp3) is 0.231. The summed E-state index contributed by atoms with van der Waals surface area (Å²) >= 11 is 0. The topological polar surface area (TPSA) is 35.9 Å². The van der Waals surface area contributed by atoms with Crippen molar-refractivity contribution in [3.8, 4) is 73.2 Å². The van der Waals surface area contributed by atoms with Crippen molar-refractivity contribution < 1.29 is 76.5 Å². The molecule has 6 heteroatoms. The van der Waals surface area contributed by atoms with Crippen molar-refractivity contribution in [2.75, 3.05) is 0 Å². The lowest BCUT2D eigenvalue weighted by molar-refractivity contribution is -0.571. The molecular formula is C78H72N4OSi. The average molecular weight is 1160 g/mol. The van der Waals surface area contributed by atoms with Gasteiger partial charge in [-0.1, -0.05) is 213 Å². The summed E-state index contributed by atoms with van der Waals surface area (Å²) < 4.78 is 465. The Morgan fingerprint density at radius 1 is 0.524 bits per heavy atom. The van der Waals surface area contributed by atoms with Gasteiger partial charge in [-0.2, -0.15) is 0 Å². The SMILES string of the molecule is [2H]c1c([2H])c([2H])c(-c2ccc3c(c2)n(-c2cccc(Oc4ccc5c6ccccc6n(-c6cc7c(cn6)-c6ccccc6[Si]7(C([2H])([2H])[2H])C([2H])([2H])[2H])c5c4)c2)[c-][n+]3-c2c(-c3c([2H])c([2H])c4c(c3[2H])C(C([2H])([2H])[2H])(C([2H])([2H])[2H])C([2H])([2H])C([2H])([2H])C4(C([2H])([2H])[2H])C([2H])([2H])[2H])cccc2-c2c([2H])c([2H])c3c(c2[2H])C(C([2H])([2H])[2H])(C([2H])([2H])[2H])C([2H])([2H])C([2H])([2H])C3(C([2H])([2H])[2H])C([2H])([2H])[2H])c([2H])c1[2H]. The number of imidazole rings is 1. The number of ether oxygens (including phenoxy) is 1. The van der Waals surface area contributed by atoms with E-state index in [9.17, 15) is 21.9 Å². The number of aromatic nitrogens is 4. The summed E-state index contributed by atoms with van der Waals surface area (Å²) in [6.45, 7) is -43.4. The first-order chi connectivity index (χ1) is 60.5. The molecule has 0 bridgehead atoms. The number of nitrogens with zero attached hydrogens (tertiary/aromatic N) is 4. The van der Waals surface area contributed by atoms with Crippen LogP contribution in [0, 0.1) is 6.33 Å². The fourth-order valence-corrected chi connectivity index (χ4v) is 13.6. The van der Waals surface area contributed by atoms with Crippen LogP contribution in [-0.4, -0.2) is 22.2 Å². The molecule has 9 aromatic carbocycles. The molecule has 2 aliphatic carbocycles. The zero-order valence-corrected chi connectivity index (χ0v) is 44.5. The van der Waals surface area contributed by atoms with E-state index in [2.05, 4.69) is 6.33 Å². The third-order valence-corrected chi connectivity index (χ3v) is 17.8. The molecule has 0 radical (unpaired) electrons. The van der Waals surface area contributed by atoms with Crippen molar-refractivity contribution in [2.45, 2.75) is 115 Å². The zero-order chi connectivity index (χ0) is 99.4. The highest BCUT2D eigenvalue weighted by Gasteiger charge is 2.40. The van der Waals surface area contributed by atoms with Crippen LogP contribution < -0.4 is 19.7 Å². The second-order valence-corrected chi connectivity index (χ2v) is 23.3. The summed E-state index contributed by atoms with van der Waals surface area (Å²) in [6, 6.07) is 15.1. The summed E-state index contributed by atoms with van der Waals surface area (Å²) in [5, 5.41) is 1.37. The predicted molar refractivity (Wildman–Crippen MR) is 351 cm³/mol. The first-order valence-electron chi connectivity index (χ1n) is 50.5. The minimum atomic E-state index is -4.97. The second kappa shape index (κ2) is 18.7. The van der Waals surface area contributed by atoms with Gasteiger partial charge < -0.3 is 4.74 Å². The monoisotopic (exact) mass is 1160 g/mol. The number of pyridine rings is 1. The van der Waals surface area contributed by atoms with Gasteiger partial charge in [0.25, 0.3) is 6.33 Å². The smallest absolute Gasteiger partial charge is 0.269 e. The number of hydrogen-bond acceptors (Lipinski definition) is 2. The summed E-state index contributed by atoms with van der Waals surface area (Å²) in [4.78, 5) is 4.85. The van der Waals surface area contributed by atoms with Gasteiger partial charge in [0.15, 0.2) is 0 Å². The molecule has 3 aliphatic rings. The molecule has 0 atom stereocenters. The van der Waals surface area contributed by atoms with Crippen LogP contribution in [0.25, 0.3) is 94.5 Å². The largest absolute Gasteiger partial charge is 0.458 e. The highest BCUT2D eigenvalue weighted by Crippen LogP contribution is 2.50. The Morgan fingerprint density at radius 2 is 1.15 bits per heavy atom. The quantitative estimate of drug-likeness (QED) is 0.0863. The highest BCUT2D eigenvalue weighted by molar-refractivity contribution is 7.03. The molecule has 1 aliphatic heterocycles. The van der Waals surface area contributed by atoms with Gasteiger partial charge in [0.05, 0.1) is 48.5 Å². The van der Waals surface area contributed by atoms with Gasteiger partial charge >= 0.3 is 0 Å². The van der Waals surface area contributed by atoms with Crippen LogP contribution in [0.4, 0.5) is 0 Å². The van der Waals surface area contributed by atoms with E-state index in [1.54, 1.807) is 59.2 Å². The fourth-order valence-electron chi connectivity index (χ4n) is 11.4. The Morgan fingerprint density at radius 3 is 1.86 bits per heavy atom. The van der Waals surface area contributed by atoms with E-state index in [-0.39, 0.29) is 44.5 Å². The molecule has 0 amide bonds. The second-order valence-electron chi connectivity index (χ2n) is 20.7. The number of fused-ring (bicyclic) bond motifs is 9. The summed E-state index contributed by atoms with van der Waals surface area (Å²) in [5.74, 6) is -0.0307. The van der Waals surface area contributed by atoms with Gasteiger partial charge in [0.1, 0.15) is 25.4 Å². The summed E-state index contributed by atoms with van der Waals surface area (Å²) in [5.41, 5.74) is -33.8. The van der Waals surface area contributed by atoms with E-state index in [1.165, 1.54) is 48.7 Å². The maximum Gasteiger partial charge on any atom is 0.269 e. The van der Waals surface area contributed by atoms with Crippen molar-refractivity contribution in [2.24, 2.45) is 0 Å². The average Bonchev–Trinajstić information content (AvgIpc) is 1.38. The minimum absolute atomic E-state index is 0.0160. The number of para-hydroxylation sites is 2. The Hall–Kier alpha value is -8.58. The molecule has 0 saturated heterocycles. The van der Waals surface area contributed by atoms with Crippen LogP contribution in [0.1, 0.15) is 170 Å². The number of hydrogen-bond donors (Lipinski definition) is 0. The molecule has 0 unspecified atom stereocenters. The third-order valence-electron chi connectivity index (χ3n) is 15.3. The van der Waals surface area contributed by atoms with Crippen LogP contribution in [0.3, 0.4) is 0 Å². The van der Waals surface area contributed by atoms with Crippen molar-refractivity contribution in [1.82, 2.24) is 14.1 Å². The van der Waals surface area contributed by atoms with Crippen LogP contribution in [0.2, 0.25) is 13.0 Å². The van der Waals surface area contributed by atoms with E-state index in [1.807, 2.05) is 0 Å². The van der Waals surface area contributed by atoms with E-state index >= 15 is 0 Å². The van der Waals surface area contributed by atoms with Crippen LogP contribution in [0.5, 0.6) is 11.5 Å². The first kappa shape index (κ1) is 21.8. The van der Waals surface area contributed by atoms with Crippen molar-refractivity contribution >= 4 is 51.3 Å². The summed E-state index contributed by atoms with van der Waals surface area (Å²) in [6.07, 6.45) is -15.3. The van der Waals surface area contributed by atoms with Gasteiger partial charge in [-0.3, -0.25) is 13.7 Å². The molecule has 15 rings (SSSR count). The lowest BCUT2D eigenvalue weighted by Crippen LogP contribution is -2.49. The Kier molecular flexibility index (Phi) is 4.86. The van der Waals surface area contributed by atoms with Gasteiger partial charge in [-0.15, -0.1) is 0 Å². The van der Waals surface area contributed by atoms with Crippen molar-refractivity contribution in [3.05, 3.63) is 235 Å². The van der Waals surface area contributed by atoms with E-state index in [0.29, 0.717) is 32.9 Å². The van der Waals surface area contributed by atoms with Gasteiger partial charge in [-0.25, -0.2) is 4.98 Å². The zero-order valence-electron chi connectivity index (χ0n) is 92.5. The first-order valence-corrected chi connectivity index (χ1v) is 28.0. The molecule has 0 N–H and O–H groups in total. The van der Waals surface area contributed by atoms with Crippen molar-refractivity contribution in [3.63, 3.8) is 0 Å². The maximum atomic E-state index is 10.5. The summed E-state index contributed by atoms with van der Waals surface area (Å²) in [7, 11) is -4.80. The molecule has 0 spiro atoms. The van der Waals surface area contributed by atoms with Gasteiger partial charge in [0.2, 0.25) is 0 Å². The normalized spacial score (nSPS) is 29.2. The molecule has 4 heterocycles. The Balaban J connectivity index is 1.10. The van der Waals surface area contributed by atoms with E-state index < -0.39 is 251 Å². The van der Waals surface area contributed by atoms with E-state index in [0.717, 1.165) is 45.5 Å². The standard InChI is InChI=1S/C78H72N4OSi/c1-75(2)38-40-77(5,6)65-42-52(30-35-63(65)75)57-26-19-27-58(53-31-36-64-66(43-53)78(7,8)41-39-76(64,3)4)74(57)81-49-80(70-44-51(32-37-68(70)81)50-20-12-11-13-21-50)54-22-18-23-55(45-54)83-56-33-34-60-59-24-14-16-28-67(59)82(69(60)46-56)73-47-72-62(48-79-73)61-25-15-17-29-71(61)84(72,9)10/h11-37,42-48H,38-41H2,1-10H3/i1D3,2D3,3D3,4D3,5D3,6D3,7D3,8D3,9D3,10D3,11D,12D,13D,20D,21D,30D,31D,35D,36D,38D2,39D2,40D2,41D2,42D,43D. The van der Waals surface area contributed by atoms with Gasteiger partial charge in [0, 0.05) is 75.1 Å². The van der Waals surface area contributed by atoms with Crippen molar-refractivity contribution in [1.29, 1.82) is 0 Å². The molecule has 414 valence electrons. The lowest BCUT2D eigenvalue weighted by atomic mass is 9.62. The molecule has 3 aromatic heterocycles. The Labute approximate surface area is 564 Å². The molecule has 0 saturated carbocycles. The molecular weight excluding hydrogens is 1040 g/mol. The molecule has 84 heavy (non-hydrogen) atoms. The maximum absolute atomic E-state index is 10.5. The van der Waals surface area contributed by atoms with Crippen LogP contribution in [0.15, 0.2) is 206 Å². The minimum Gasteiger partial charge on any atom is -0.458 e. The predicted octanol–water partition coefficient (Wildman–Crippen LogP) is 18.5. The van der Waals surface area contributed by atoms with Gasteiger partial charge in [-0.05, 0) is 173 Å². The number of benzene rings is 9.